The highest BCUT2D eigenvalue weighted by Crippen LogP contribution is 2.14. The number of carbonyl (C=O) groups is 1. The van der Waals surface area contributed by atoms with Crippen LogP contribution in [0.25, 0.3) is 10.9 Å². The number of amides is 1. The number of benzene rings is 1. The van der Waals surface area contributed by atoms with Crippen LogP contribution in [0.5, 0.6) is 0 Å². The van der Waals surface area contributed by atoms with Crippen LogP contribution in [0.2, 0.25) is 0 Å². The maximum Gasteiger partial charge on any atom is 0.261 e. The standard InChI is InChI=1S/C21H24N4O2S/c1-23-19(22-18-7-3-2-6-17(18)21(23)27)8-9-20(26)25-12-10-24(11-13-25)15-16-5-4-14-28-16/h2-7,14H,8-13,15H2,1H3. The summed E-state index contributed by atoms with van der Waals surface area (Å²) in [6.45, 7) is 4.28. The number of fused-ring (bicyclic) bond motifs is 1. The third-order valence-electron chi connectivity index (χ3n) is 5.32. The number of hydrogen-bond donors (Lipinski definition) is 0. The van der Waals surface area contributed by atoms with Gasteiger partial charge in [-0.15, -0.1) is 11.3 Å². The van der Waals surface area contributed by atoms with E-state index in [4.69, 9.17) is 0 Å². The summed E-state index contributed by atoms with van der Waals surface area (Å²) < 4.78 is 1.56. The molecule has 0 unspecified atom stereocenters. The van der Waals surface area contributed by atoms with Crippen LogP contribution >= 0.6 is 11.3 Å². The van der Waals surface area contributed by atoms with Gasteiger partial charge in [-0.1, -0.05) is 18.2 Å². The largest absolute Gasteiger partial charge is 0.340 e. The molecule has 3 heterocycles. The summed E-state index contributed by atoms with van der Waals surface area (Å²) in [5.74, 6) is 0.798. The van der Waals surface area contributed by atoms with Crippen molar-refractivity contribution in [1.82, 2.24) is 19.4 Å². The Labute approximate surface area is 168 Å². The zero-order valence-electron chi connectivity index (χ0n) is 16.0. The van der Waals surface area contributed by atoms with Gasteiger partial charge in [-0.05, 0) is 23.6 Å². The molecule has 2 aromatic heterocycles. The summed E-state index contributed by atoms with van der Waals surface area (Å²) >= 11 is 1.78. The van der Waals surface area contributed by atoms with Gasteiger partial charge in [-0.2, -0.15) is 0 Å². The van der Waals surface area contributed by atoms with E-state index in [9.17, 15) is 9.59 Å². The number of hydrogen-bond acceptors (Lipinski definition) is 5. The van der Waals surface area contributed by atoms with Crippen LogP contribution in [0, 0.1) is 0 Å². The summed E-state index contributed by atoms with van der Waals surface area (Å²) in [7, 11) is 1.73. The second-order valence-corrected chi connectivity index (χ2v) is 8.18. The Balaban J connectivity index is 1.34. The van der Waals surface area contributed by atoms with Crippen LogP contribution in [0.15, 0.2) is 46.6 Å². The first-order chi connectivity index (χ1) is 13.6. The molecule has 0 radical (unpaired) electrons. The van der Waals surface area contributed by atoms with Crippen LogP contribution in [-0.2, 0) is 24.8 Å². The molecule has 0 atom stereocenters. The van der Waals surface area contributed by atoms with Gasteiger partial charge in [0, 0.05) is 57.5 Å². The molecule has 1 fully saturated rings. The minimum Gasteiger partial charge on any atom is -0.340 e. The quantitative estimate of drug-likeness (QED) is 0.664. The van der Waals surface area contributed by atoms with Crippen molar-refractivity contribution in [2.24, 2.45) is 7.05 Å². The average molecular weight is 397 g/mol. The lowest BCUT2D eigenvalue weighted by Crippen LogP contribution is -2.48. The van der Waals surface area contributed by atoms with Gasteiger partial charge in [0.25, 0.3) is 5.56 Å². The number of aromatic nitrogens is 2. The highest BCUT2D eigenvalue weighted by atomic mass is 32.1. The SMILES string of the molecule is Cn1c(CCC(=O)N2CCN(Cc3cccs3)CC2)nc2ccccc2c1=O. The second-order valence-electron chi connectivity index (χ2n) is 7.15. The van der Waals surface area contributed by atoms with E-state index in [2.05, 4.69) is 27.4 Å². The van der Waals surface area contributed by atoms with Gasteiger partial charge in [0.2, 0.25) is 5.91 Å². The molecule has 1 amide bonds. The van der Waals surface area contributed by atoms with E-state index in [0.717, 1.165) is 32.7 Å². The fraction of sp³-hybridized carbons (Fsp3) is 0.381. The molecule has 1 aliphatic rings. The van der Waals surface area contributed by atoms with Crippen molar-refractivity contribution in [3.63, 3.8) is 0 Å². The predicted molar refractivity (Wildman–Crippen MR) is 111 cm³/mol. The molecule has 7 heteroatoms. The van der Waals surface area contributed by atoms with Crippen molar-refractivity contribution in [3.8, 4) is 0 Å². The van der Waals surface area contributed by atoms with Crippen molar-refractivity contribution >= 4 is 28.1 Å². The van der Waals surface area contributed by atoms with Gasteiger partial charge >= 0.3 is 0 Å². The minimum atomic E-state index is -0.0600. The Kier molecular flexibility index (Phi) is 5.54. The molecule has 1 aromatic carbocycles. The molecule has 0 bridgehead atoms. The highest BCUT2D eigenvalue weighted by molar-refractivity contribution is 7.09. The summed E-state index contributed by atoms with van der Waals surface area (Å²) in [6, 6.07) is 11.6. The van der Waals surface area contributed by atoms with E-state index in [1.807, 2.05) is 23.1 Å². The zero-order chi connectivity index (χ0) is 19.5. The Morgan fingerprint density at radius 2 is 1.89 bits per heavy atom. The van der Waals surface area contributed by atoms with Crippen molar-refractivity contribution in [3.05, 3.63) is 62.8 Å². The molecule has 4 rings (SSSR count). The van der Waals surface area contributed by atoms with Crippen molar-refractivity contribution in [1.29, 1.82) is 0 Å². The Morgan fingerprint density at radius 3 is 2.64 bits per heavy atom. The molecule has 3 aromatic rings. The van der Waals surface area contributed by atoms with Crippen LogP contribution in [0.1, 0.15) is 17.1 Å². The number of thiophene rings is 1. The maximum absolute atomic E-state index is 12.6. The third kappa shape index (κ3) is 4.00. The number of aryl methyl sites for hydroxylation is 1. The minimum absolute atomic E-state index is 0.0600. The van der Waals surface area contributed by atoms with Crippen LogP contribution < -0.4 is 5.56 Å². The maximum atomic E-state index is 12.6. The smallest absolute Gasteiger partial charge is 0.261 e. The van der Waals surface area contributed by atoms with Crippen LogP contribution in [-0.4, -0.2) is 51.4 Å². The molecule has 6 nitrogen and oxygen atoms in total. The summed E-state index contributed by atoms with van der Waals surface area (Å²) in [4.78, 5) is 35.4. The molecule has 1 saturated heterocycles. The molecule has 146 valence electrons. The van der Waals surface area contributed by atoms with Crippen LogP contribution in [0.4, 0.5) is 0 Å². The van der Waals surface area contributed by atoms with Crippen molar-refractivity contribution in [2.45, 2.75) is 19.4 Å². The lowest BCUT2D eigenvalue weighted by atomic mass is 10.2. The molecule has 0 aliphatic carbocycles. The lowest BCUT2D eigenvalue weighted by Gasteiger charge is -2.34. The fourth-order valence-corrected chi connectivity index (χ4v) is 4.39. The summed E-state index contributed by atoms with van der Waals surface area (Å²) in [5, 5.41) is 2.71. The average Bonchev–Trinajstić information content (AvgIpc) is 3.23. The molecular weight excluding hydrogens is 372 g/mol. The topological polar surface area (TPSA) is 58.4 Å². The number of carbonyl (C=O) groups excluding carboxylic acids is 1. The van der Waals surface area contributed by atoms with E-state index in [1.165, 1.54) is 4.88 Å². The summed E-state index contributed by atoms with van der Waals surface area (Å²) in [6.07, 6.45) is 0.856. The molecule has 28 heavy (non-hydrogen) atoms. The van der Waals surface area contributed by atoms with E-state index >= 15 is 0 Å². The summed E-state index contributed by atoms with van der Waals surface area (Å²) in [5.41, 5.74) is 0.630. The third-order valence-corrected chi connectivity index (χ3v) is 6.18. The molecule has 0 spiro atoms. The number of piperazine rings is 1. The van der Waals surface area contributed by atoms with Crippen molar-refractivity contribution < 1.29 is 4.79 Å². The molecular formula is C21H24N4O2S. The normalized spacial score (nSPS) is 15.2. The van der Waals surface area contributed by atoms with Gasteiger partial charge in [0.15, 0.2) is 0 Å². The van der Waals surface area contributed by atoms with Gasteiger partial charge in [-0.25, -0.2) is 4.98 Å². The molecule has 0 saturated carbocycles. The molecule has 1 aliphatic heterocycles. The lowest BCUT2D eigenvalue weighted by molar-refractivity contribution is -0.133. The van der Waals surface area contributed by atoms with E-state index in [1.54, 1.807) is 29.0 Å². The van der Waals surface area contributed by atoms with E-state index in [-0.39, 0.29) is 11.5 Å². The first-order valence-corrected chi connectivity index (χ1v) is 10.5. The first-order valence-electron chi connectivity index (χ1n) is 9.59. The highest BCUT2D eigenvalue weighted by Gasteiger charge is 2.21. The van der Waals surface area contributed by atoms with Crippen LogP contribution in [0.3, 0.4) is 0 Å². The van der Waals surface area contributed by atoms with Gasteiger partial charge in [0.05, 0.1) is 10.9 Å². The Hall–Kier alpha value is -2.51. The van der Waals surface area contributed by atoms with Gasteiger partial charge < -0.3 is 4.90 Å². The number of para-hydroxylation sites is 1. The zero-order valence-corrected chi connectivity index (χ0v) is 16.8. The Bertz CT molecular complexity index is 1020. The number of rotatable bonds is 5. The molecule has 0 N–H and O–H groups in total. The van der Waals surface area contributed by atoms with E-state index in [0.29, 0.717) is 29.6 Å². The number of nitrogens with zero attached hydrogens (tertiary/aromatic N) is 4. The Morgan fingerprint density at radius 1 is 1.11 bits per heavy atom. The monoisotopic (exact) mass is 396 g/mol. The first kappa shape index (κ1) is 18.8. The van der Waals surface area contributed by atoms with Gasteiger partial charge in [-0.3, -0.25) is 19.1 Å². The van der Waals surface area contributed by atoms with E-state index < -0.39 is 0 Å². The van der Waals surface area contributed by atoms with Crippen molar-refractivity contribution in [2.75, 3.05) is 26.2 Å². The van der Waals surface area contributed by atoms with Gasteiger partial charge in [0.1, 0.15) is 5.82 Å². The second kappa shape index (κ2) is 8.24. The predicted octanol–water partition coefficient (Wildman–Crippen LogP) is 2.27. The fourth-order valence-electron chi connectivity index (χ4n) is 3.64.